The summed E-state index contributed by atoms with van der Waals surface area (Å²) in [6.07, 6.45) is 0. The van der Waals surface area contributed by atoms with Crippen molar-refractivity contribution in [2.24, 2.45) is 0 Å². The first-order valence-electron chi connectivity index (χ1n) is 11.4. The number of thiocarbonyl (C=S) groups is 1. The van der Waals surface area contributed by atoms with E-state index in [-0.39, 0.29) is 27.8 Å². The van der Waals surface area contributed by atoms with E-state index in [1.54, 1.807) is 0 Å². The molecule has 2 N–H and O–H groups in total. The van der Waals surface area contributed by atoms with Crippen LogP contribution in [0.1, 0.15) is 26.3 Å². The predicted octanol–water partition coefficient (Wildman–Crippen LogP) is 3.99. The highest BCUT2D eigenvalue weighted by Crippen LogP contribution is 2.27. The molecular weight excluding hydrogens is 478 g/mol. The molecule has 1 aliphatic rings. The summed E-state index contributed by atoms with van der Waals surface area (Å²) in [5.74, 6) is -0.513. The van der Waals surface area contributed by atoms with Gasteiger partial charge in [0.15, 0.2) is 5.11 Å². The van der Waals surface area contributed by atoms with E-state index in [2.05, 4.69) is 15.5 Å². The minimum absolute atomic E-state index is 0.0157. The number of hydrogen-bond acceptors (Lipinski definition) is 6. The van der Waals surface area contributed by atoms with Crippen LogP contribution >= 0.6 is 12.2 Å². The highest BCUT2D eigenvalue weighted by Gasteiger charge is 2.24. The van der Waals surface area contributed by atoms with Crippen LogP contribution in [-0.2, 0) is 0 Å². The lowest BCUT2D eigenvalue weighted by atomic mass is 10.1. The van der Waals surface area contributed by atoms with Crippen LogP contribution < -0.4 is 15.5 Å². The van der Waals surface area contributed by atoms with Gasteiger partial charge in [0.05, 0.1) is 16.3 Å². The minimum atomic E-state index is -0.529. The third kappa shape index (κ3) is 5.49. The Kier molecular flexibility index (Phi) is 7.55. The molecule has 1 aliphatic heterocycles. The zero-order chi connectivity index (χ0) is 25.7. The molecule has 1 fully saturated rings. The Morgan fingerprint density at radius 2 is 1.58 bits per heavy atom. The smallest absolute Gasteiger partial charge is 0.273 e. The molecule has 0 atom stereocenters. The normalized spacial score (nSPS) is 13.1. The summed E-state index contributed by atoms with van der Waals surface area (Å²) in [7, 11) is 0. The molecule has 0 spiro atoms. The average Bonchev–Trinajstić information content (AvgIpc) is 2.89. The lowest BCUT2D eigenvalue weighted by Gasteiger charge is -2.37. The number of carbonyl (C=O) groups excluding carboxylic acids is 2. The number of nitrogens with zero attached hydrogens (tertiary/aromatic N) is 3. The number of benzene rings is 3. The van der Waals surface area contributed by atoms with Gasteiger partial charge in [0.2, 0.25) is 0 Å². The maximum Gasteiger partial charge on any atom is 0.273 e. The number of para-hydroxylation sites is 2. The zero-order valence-electron chi connectivity index (χ0n) is 19.6. The molecule has 0 unspecified atom stereocenters. The second-order valence-electron chi connectivity index (χ2n) is 8.28. The molecule has 0 saturated carbocycles. The third-order valence-corrected chi connectivity index (χ3v) is 6.26. The third-order valence-electron chi connectivity index (χ3n) is 6.05. The van der Waals surface area contributed by atoms with Crippen LogP contribution in [0, 0.1) is 17.0 Å². The quantitative estimate of drug-likeness (QED) is 0.308. The van der Waals surface area contributed by atoms with Crippen molar-refractivity contribution >= 4 is 46.2 Å². The van der Waals surface area contributed by atoms with Gasteiger partial charge >= 0.3 is 0 Å². The molecule has 0 aromatic heterocycles. The van der Waals surface area contributed by atoms with Crippen molar-refractivity contribution in [1.29, 1.82) is 0 Å². The zero-order valence-corrected chi connectivity index (χ0v) is 20.5. The Labute approximate surface area is 213 Å². The molecule has 1 saturated heterocycles. The van der Waals surface area contributed by atoms with Crippen molar-refractivity contribution in [1.82, 2.24) is 10.2 Å². The lowest BCUT2D eigenvalue weighted by molar-refractivity contribution is -0.385. The van der Waals surface area contributed by atoms with Crippen LogP contribution in [0.4, 0.5) is 17.1 Å². The summed E-state index contributed by atoms with van der Waals surface area (Å²) in [5, 5.41) is 16.9. The number of amides is 2. The number of anilines is 2. The van der Waals surface area contributed by atoms with Crippen molar-refractivity contribution < 1.29 is 14.5 Å². The largest absolute Gasteiger partial charge is 0.366 e. The second-order valence-corrected chi connectivity index (χ2v) is 8.69. The molecular formula is C26H25N5O4S. The summed E-state index contributed by atoms with van der Waals surface area (Å²) in [4.78, 5) is 40.2. The molecule has 10 heteroatoms. The molecule has 36 heavy (non-hydrogen) atoms. The summed E-state index contributed by atoms with van der Waals surface area (Å²) < 4.78 is 0. The van der Waals surface area contributed by atoms with Crippen LogP contribution in [0.3, 0.4) is 0 Å². The standard InChI is InChI=1S/C26H25N5O4S/c1-18-20(10-7-13-22(18)31(34)35)24(32)28-26(36)27-21-11-5-6-12-23(21)29-14-16-30(17-15-29)25(33)19-8-3-2-4-9-19/h2-13H,14-17H2,1H3,(H2,27,28,32,36). The number of nitro benzene ring substituents is 1. The van der Waals surface area contributed by atoms with Gasteiger partial charge in [-0.05, 0) is 49.5 Å². The Morgan fingerprint density at radius 1 is 0.917 bits per heavy atom. The van der Waals surface area contributed by atoms with Crippen molar-refractivity contribution in [2.45, 2.75) is 6.92 Å². The number of piperazine rings is 1. The van der Waals surface area contributed by atoms with Gasteiger partial charge in [-0.15, -0.1) is 0 Å². The molecule has 0 aliphatic carbocycles. The van der Waals surface area contributed by atoms with Crippen LogP contribution in [0.2, 0.25) is 0 Å². The monoisotopic (exact) mass is 503 g/mol. The van der Waals surface area contributed by atoms with Gasteiger partial charge in [-0.2, -0.15) is 0 Å². The maximum absolute atomic E-state index is 12.8. The molecule has 9 nitrogen and oxygen atoms in total. The van der Waals surface area contributed by atoms with E-state index in [4.69, 9.17) is 12.2 Å². The number of nitrogens with one attached hydrogen (secondary N) is 2. The molecule has 4 rings (SSSR count). The number of carbonyl (C=O) groups is 2. The first-order valence-corrected chi connectivity index (χ1v) is 11.8. The maximum atomic E-state index is 12.8. The van der Waals surface area contributed by atoms with Crippen molar-refractivity contribution in [3.63, 3.8) is 0 Å². The summed E-state index contributed by atoms with van der Waals surface area (Å²) >= 11 is 5.36. The van der Waals surface area contributed by atoms with Gasteiger partial charge in [0.1, 0.15) is 0 Å². The lowest BCUT2D eigenvalue weighted by Crippen LogP contribution is -2.49. The number of nitro groups is 1. The average molecular weight is 504 g/mol. The van der Waals surface area contributed by atoms with Crippen LogP contribution in [0.15, 0.2) is 72.8 Å². The Morgan fingerprint density at radius 3 is 2.28 bits per heavy atom. The Hall–Kier alpha value is -4.31. The summed E-state index contributed by atoms with van der Waals surface area (Å²) in [6, 6.07) is 21.1. The van der Waals surface area contributed by atoms with Crippen molar-refractivity contribution in [2.75, 3.05) is 36.4 Å². The van der Waals surface area contributed by atoms with Gasteiger partial charge in [0, 0.05) is 48.9 Å². The molecule has 2 amide bonds. The van der Waals surface area contributed by atoms with E-state index >= 15 is 0 Å². The second kappa shape index (κ2) is 11.0. The summed E-state index contributed by atoms with van der Waals surface area (Å²) in [5.41, 5.74) is 2.60. The fourth-order valence-electron chi connectivity index (χ4n) is 4.16. The topological polar surface area (TPSA) is 108 Å². The van der Waals surface area contributed by atoms with Crippen LogP contribution in [-0.4, -0.2) is 52.9 Å². The van der Waals surface area contributed by atoms with E-state index in [9.17, 15) is 19.7 Å². The molecule has 3 aromatic carbocycles. The molecule has 1 heterocycles. The van der Waals surface area contributed by atoms with Gasteiger partial charge in [-0.3, -0.25) is 25.0 Å². The summed E-state index contributed by atoms with van der Waals surface area (Å²) in [6.45, 7) is 3.97. The number of hydrogen-bond donors (Lipinski definition) is 2. The fourth-order valence-corrected chi connectivity index (χ4v) is 4.36. The van der Waals surface area contributed by atoms with Crippen molar-refractivity contribution in [3.05, 3.63) is 99.6 Å². The Balaban J connectivity index is 1.40. The predicted molar refractivity (Wildman–Crippen MR) is 143 cm³/mol. The van der Waals surface area contributed by atoms with E-state index < -0.39 is 10.8 Å². The van der Waals surface area contributed by atoms with E-state index in [0.29, 0.717) is 37.4 Å². The van der Waals surface area contributed by atoms with E-state index in [1.807, 2.05) is 59.5 Å². The van der Waals surface area contributed by atoms with Gasteiger partial charge in [-0.1, -0.05) is 36.4 Å². The Bertz CT molecular complexity index is 1310. The first-order chi connectivity index (χ1) is 17.3. The van der Waals surface area contributed by atoms with Gasteiger partial charge < -0.3 is 15.1 Å². The van der Waals surface area contributed by atoms with Crippen LogP contribution in [0.25, 0.3) is 0 Å². The molecule has 0 bridgehead atoms. The number of rotatable bonds is 5. The van der Waals surface area contributed by atoms with E-state index in [1.165, 1.54) is 25.1 Å². The molecule has 0 radical (unpaired) electrons. The van der Waals surface area contributed by atoms with Gasteiger partial charge in [0.25, 0.3) is 17.5 Å². The van der Waals surface area contributed by atoms with E-state index in [0.717, 1.165) is 5.69 Å². The minimum Gasteiger partial charge on any atom is -0.366 e. The van der Waals surface area contributed by atoms with Gasteiger partial charge in [-0.25, -0.2) is 0 Å². The highest BCUT2D eigenvalue weighted by molar-refractivity contribution is 7.80. The fraction of sp³-hybridized carbons (Fsp3) is 0.192. The SMILES string of the molecule is Cc1c(C(=O)NC(=S)Nc2ccccc2N2CCN(C(=O)c3ccccc3)CC2)cccc1[N+](=O)[O-]. The van der Waals surface area contributed by atoms with Crippen LogP contribution in [0.5, 0.6) is 0 Å². The first kappa shape index (κ1) is 24.8. The molecule has 184 valence electrons. The molecule has 3 aromatic rings. The highest BCUT2D eigenvalue weighted by atomic mass is 32.1. The van der Waals surface area contributed by atoms with Crippen molar-refractivity contribution in [3.8, 4) is 0 Å².